The van der Waals surface area contributed by atoms with E-state index in [4.69, 9.17) is 0 Å². The van der Waals surface area contributed by atoms with Gasteiger partial charge in [-0.1, -0.05) is 12.1 Å². The summed E-state index contributed by atoms with van der Waals surface area (Å²) in [6, 6.07) is 9.53. The summed E-state index contributed by atoms with van der Waals surface area (Å²) in [6.07, 6.45) is 1.91. The number of hydrogen-bond donors (Lipinski definition) is 1. The van der Waals surface area contributed by atoms with E-state index in [1.165, 1.54) is 6.33 Å². The third-order valence-corrected chi connectivity index (χ3v) is 3.97. The maximum Gasteiger partial charge on any atom is 0.229 e. The highest BCUT2D eigenvalue weighted by molar-refractivity contribution is 7.10. The van der Waals surface area contributed by atoms with Crippen molar-refractivity contribution in [2.24, 2.45) is 0 Å². The van der Waals surface area contributed by atoms with Gasteiger partial charge in [0.2, 0.25) is 5.91 Å². The number of carbonyl (C=O) groups is 1. The molecule has 0 atom stereocenters. The Kier molecular flexibility index (Phi) is 3.74. The summed E-state index contributed by atoms with van der Waals surface area (Å²) in [4.78, 5) is 13.1. The Morgan fingerprint density at radius 2 is 2.24 bits per heavy atom. The van der Waals surface area contributed by atoms with E-state index >= 15 is 0 Å². The number of anilines is 1. The zero-order chi connectivity index (χ0) is 14.7. The van der Waals surface area contributed by atoms with Crippen molar-refractivity contribution in [3.63, 3.8) is 0 Å². The number of tetrazole rings is 1. The second kappa shape index (κ2) is 5.84. The van der Waals surface area contributed by atoms with Crippen LogP contribution in [0.15, 0.2) is 42.0 Å². The van der Waals surface area contributed by atoms with Gasteiger partial charge in [-0.2, -0.15) is 0 Å². The van der Waals surface area contributed by atoms with Crippen LogP contribution < -0.4 is 5.32 Å². The Balaban J connectivity index is 1.80. The quantitative estimate of drug-likeness (QED) is 0.801. The highest BCUT2D eigenvalue weighted by atomic mass is 32.1. The fraction of sp³-hybridized carbons (Fsp3) is 0.143. The first kappa shape index (κ1) is 13.4. The van der Waals surface area contributed by atoms with Gasteiger partial charge in [0.1, 0.15) is 6.33 Å². The molecule has 0 fully saturated rings. The van der Waals surface area contributed by atoms with Crippen LogP contribution in [-0.4, -0.2) is 26.1 Å². The normalized spacial score (nSPS) is 10.5. The number of amides is 1. The molecule has 3 rings (SSSR count). The molecule has 3 aromatic rings. The summed E-state index contributed by atoms with van der Waals surface area (Å²) in [5.74, 6) is -0.0329. The van der Waals surface area contributed by atoms with E-state index in [0.717, 1.165) is 21.8 Å². The van der Waals surface area contributed by atoms with Crippen molar-refractivity contribution in [2.75, 3.05) is 5.32 Å². The number of thiophene rings is 1. The van der Waals surface area contributed by atoms with E-state index in [-0.39, 0.29) is 5.91 Å². The first-order valence-corrected chi connectivity index (χ1v) is 7.27. The van der Waals surface area contributed by atoms with Crippen molar-refractivity contribution >= 4 is 22.9 Å². The van der Waals surface area contributed by atoms with E-state index in [9.17, 15) is 4.79 Å². The summed E-state index contributed by atoms with van der Waals surface area (Å²) in [7, 11) is 0. The van der Waals surface area contributed by atoms with Crippen LogP contribution in [0.5, 0.6) is 0 Å². The zero-order valence-electron chi connectivity index (χ0n) is 11.4. The van der Waals surface area contributed by atoms with Crippen LogP contribution in [0.25, 0.3) is 5.69 Å². The van der Waals surface area contributed by atoms with E-state index in [1.54, 1.807) is 16.0 Å². The van der Waals surface area contributed by atoms with Gasteiger partial charge >= 0.3 is 0 Å². The molecule has 21 heavy (non-hydrogen) atoms. The van der Waals surface area contributed by atoms with Crippen molar-refractivity contribution in [3.8, 4) is 5.69 Å². The third kappa shape index (κ3) is 2.97. The highest BCUT2D eigenvalue weighted by Gasteiger charge is 2.10. The Hall–Kier alpha value is -2.54. The molecule has 1 aromatic carbocycles. The molecule has 2 heterocycles. The average Bonchev–Trinajstić information content (AvgIpc) is 3.14. The molecular formula is C14H13N5OS. The van der Waals surface area contributed by atoms with Gasteiger partial charge in [0.15, 0.2) is 0 Å². The van der Waals surface area contributed by atoms with Crippen molar-refractivity contribution < 1.29 is 4.79 Å². The number of nitrogens with one attached hydrogen (secondary N) is 1. The molecule has 1 amide bonds. The van der Waals surface area contributed by atoms with Crippen LogP contribution in [-0.2, 0) is 11.2 Å². The lowest BCUT2D eigenvalue weighted by Gasteiger charge is -2.11. The molecule has 0 saturated heterocycles. The molecule has 106 valence electrons. The second-order valence-electron chi connectivity index (χ2n) is 4.51. The fourth-order valence-corrected chi connectivity index (χ4v) is 2.75. The molecule has 0 bridgehead atoms. The molecular weight excluding hydrogens is 286 g/mol. The van der Waals surface area contributed by atoms with Crippen molar-refractivity contribution in [1.29, 1.82) is 0 Å². The molecule has 0 unspecified atom stereocenters. The summed E-state index contributed by atoms with van der Waals surface area (Å²) in [5, 5.41) is 16.0. The molecule has 0 spiro atoms. The van der Waals surface area contributed by atoms with Crippen LogP contribution in [0.3, 0.4) is 0 Å². The molecule has 0 aliphatic rings. The lowest BCUT2D eigenvalue weighted by atomic mass is 10.1. The topological polar surface area (TPSA) is 72.7 Å². The molecule has 0 saturated carbocycles. The smallest absolute Gasteiger partial charge is 0.229 e. The predicted octanol–water partition coefficient (Wildman–Crippen LogP) is 2.21. The lowest BCUT2D eigenvalue weighted by molar-refractivity contribution is -0.115. The molecule has 0 radical (unpaired) electrons. The van der Waals surface area contributed by atoms with Crippen molar-refractivity contribution in [1.82, 2.24) is 20.2 Å². The standard InChI is InChI=1S/C14H13N5OS/c1-10-12(16-14(20)8-11-4-3-7-21-11)5-2-6-13(10)19-9-15-17-18-19/h2-7,9H,8H2,1H3,(H,16,20). The number of nitrogens with zero attached hydrogens (tertiary/aromatic N) is 4. The number of benzene rings is 1. The number of carbonyl (C=O) groups excluding carboxylic acids is 1. The van der Waals surface area contributed by atoms with Gasteiger partial charge < -0.3 is 5.32 Å². The summed E-state index contributed by atoms with van der Waals surface area (Å²) in [5.41, 5.74) is 2.53. The van der Waals surface area contributed by atoms with Gasteiger partial charge in [0.05, 0.1) is 12.1 Å². The minimum Gasteiger partial charge on any atom is -0.325 e. The number of hydrogen-bond acceptors (Lipinski definition) is 5. The largest absolute Gasteiger partial charge is 0.325 e. The third-order valence-electron chi connectivity index (χ3n) is 3.09. The summed E-state index contributed by atoms with van der Waals surface area (Å²) >= 11 is 1.58. The Morgan fingerprint density at radius 3 is 2.95 bits per heavy atom. The van der Waals surface area contributed by atoms with Crippen molar-refractivity contribution in [3.05, 3.63) is 52.5 Å². The van der Waals surface area contributed by atoms with Crippen LogP contribution in [0, 0.1) is 6.92 Å². The number of aromatic nitrogens is 4. The number of rotatable bonds is 4. The molecule has 0 aliphatic heterocycles. The van der Waals surface area contributed by atoms with Gasteiger partial charge in [0.25, 0.3) is 0 Å². The average molecular weight is 299 g/mol. The van der Waals surface area contributed by atoms with Crippen LogP contribution in [0.2, 0.25) is 0 Å². The van der Waals surface area contributed by atoms with E-state index in [0.29, 0.717) is 6.42 Å². The fourth-order valence-electron chi connectivity index (χ4n) is 2.04. The van der Waals surface area contributed by atoms with E-state index in [1.807, 2.05) is 42.6 Å². The van der Waals surface area contributed by atoms with Crippen LogP contribution in [0.4, 0.5) is 5.69 Å². The van der Waals surface area contributed by atoms with Gasteiger partial charge in [-0.25, -0.2) is 4.68 Å². The minimum absolute atomic E-state index is 0.0329. The van der Waals surface area contributed by atoms with Crippen molar-refractivity contribution in [2.45, 2.75) is 13.3 Å². The highest BCUT2D eigenvalue weighted by Crippen LogP contribution is 2.22. The van der Waals surface area contributed by atoms with Gasteiger partial charge in [-0.05, 0) is 46.5 Å². The minimum atomic E-state index is -0.0329. The van der Waals surface area contributed by atoms with Gasteiger partial charge in [-0.15, -0.1) is 16.4 Å². The molecule has 6 nitrogen and oxygen atoms in total. The first-order valence-electron chi connectivity index (χ1n) is 6.39. The Morgan fingerprint density at radius 1 is 1.33 bits per heavy atom. The summed E-state index contributed by atoms with van der Waals surface area (Å²) < 4.78 is 1.57. The zero-order valence-corrected chi connectivity index (χ0v) is 12.2. The van der Waals surface area contributed by atoms with E-state index < -0.39 is 0 Å². The molecule has 0 aliphatic carbocycles. The Bertz CT molecular complexity index is 737. The van der Waals surface area contributed by atoms with E-state index in [2.05, 4.69) is 20.8 Å². The SMILES string of the molecule is Cc1c(NC(=O)Cc2cccs2)cccc1-n1cnnn1. The second-order valence-corrected chi connectivity index (χ2v) is 5.54. The summed E-state index contributed by atoms with van der Waals surface area (Å²) in [6.45, 7) is 1.93. The molecule has 1 N–H and O–H groups in total. The first-order chi connectivity index (χ1) is 10.2. The van der Waals surface area contributed by atoms with Gasteiger partial charge in [-0.3, -0.25) is 4.79 Å². The maximum absolute atomic E-state index is 12.1. The lowest BCUT2D eigenvalue weighted by Crippen LogP contribution is -2.15. The van der Waals surface area contributed by atoms with Gasteiger partial charge in [0, 0.05) is 10.6 Å². The maximum atomic E-state index is 12.1. The monoisotopic (exact) mass is 299 g/mol. The molecule has 7 heteroatoms. The van der Waals surface area contributed by atoms with Crippen LogP contribution in [0.1, 0.15) is 10.4 Å². The predicted molar refractivity (Wildman–Crippen MR) is 80.5 cm³/mol. The molecule has 2 aromatic heterocycles. The van der Waals surface area contributed by atoms with Crippen LogP contribution >= 0.6 is 11.3 Å². The Labute approximate surface area is 125 Å².